The lowest BCUT2D eigenvalue weighted by atomic mass is 9.97. The van der Waals surface area contributed by atoms with Crippen molar-refractivity contribution < 1.29 is 14.4 Å². The molecule has 0 radical (unpaired) electrons. The Bertz CT molecular complexity index is 1310. The first-order valence-corrected chi connectivity index (χ1v) is 12.9. The fourth-order valence-electron chi connectivity index (χ4n) is 4.93. The molecule has 0 bridgehead atoms. The first kappa shape index (κ1) is 29.1. The summed E-state index contributed by atoms with van der Waals surface area (Å²) < 4.78 is 0. The summed E-state index contributed by atoms with van der Waals surface area (Å²) in [5, 5.41) is 7.99. The quantitative estimate of drug-likeness (QED) is 0.452. The number of hydrogen-bond donors (Lipinski definition) is 2. The molecule has 1 aliphatic heterocycles. The van der Waals surface area contributed by atoms with Gasteiger partial charge in [0.05, 0.1) is 30.0 Å². The van der Waals surface area contributed by atoms with E-state index in [1.807, 2.05) is 69.3 Å². The van der Waals surface area contributed by atoms with E-state index in [-0.39, 0.29) is 48.6 Å². The zero-order valence-electron chi connectivity index (χ0n) is 22.6. The molecule has 38 heavy (non-hydrogen) atoms. The predicted octanol–water partition coefficient (Wildman–Crippen LogP) is 4.84. The maximum absolute atomic E-state index is 14.2. The van der Waals surface area contributed by atoms with Crippen molar-refractivity contribution in [2.75, 3.05) is 23.4 Å². The molecule has 3 aromatic rings. The summed E-state index contributed by atoms with van der Waals surface area (Å²) in [7, 11) is 1.70. The maximum atomic E-state index is 14.2. The molecule has 0 fully saturated rings. The van der Waals surface area contributed by atoms with Crippen molar-refractivity contribution in [3.8, 4) is 0 Å². The molecule has 0 saturated carbocycles. The third-order valence-electron chi connectivity index (χ3n) is 7.02. The fraction of sp³-hybridized carbons (Fsp3) is 0.367. The van der Waals surface area contributed by atoms with Gasteiger partial charge in [0.1, 0.15) is 6.04 Å². The van der Waals surface area contributed by atoms with Crippen LogP contribution in [0.4, 0.5) is 11.4 Å². The second-order valence-corrected chi connectivity index (χ2v) is 10.1. The second-order valence-electron chi connectivity index (χ2n) is 10.1. The van der Waals surface area contributed by atoms with Crippen molar-refractivity contribution in [3.05, 3.63) is 72.3 Å². The van der Waals surface area contributed by atoms with Gasteiger partial charge in [-0.15, -0.1) is 12.4 Å². The van der Waals surface area contributed by atoms with Crippen LogP contribution in [0.2, 0.25) is 0 Å². The summed E-state index contributed by atoms with van der Waals surface area (Å²) in [5.41, 5.74) is 2.33. The van der Waals surface area contributed by atoms with E-state index in [1.54, 1.807) is 23.8 Å². The van der Waals surface area contributed by atoms with Crippen molar-refractivity contribution in [3.63, 3.8) is 0 Å². The normalized spacial score (nSPS) is 16.9. The summed E-state index contributed by atoms with van der Waals surface area (Å²) in [4.78, 5) is 44.0. The Morgan fingerprint density at radius 1 is 0.921 bits per heavy atom. The van der Waals surface area contributed by atoms with Gasteiger partial charge in [-0.25, -0.2) is 0 Å². The Balaban J connectivity index is 0.00000400. The summed E-state index contributed by atoms with van der Waals surface area (Å²) >= 11 is 0. The Kier molecular flexibility index (Phi) is 9.52. The first-order chi connectivity index (χ1) is 17.7. The van der Waals surface area contributed by atoms with Crippen LogP contribution in [-0.4, -0.2) is 43.4 Å². The Labute approximate surface area is 231 Å². The average molecular weight is 537 g/mol. The highest BCUT2D eigenvalue weighted by molar-refractivity contribution is 6.09. The number of para-hydroxylation sites is 2. The lowest BCUT2D eigenvalue weighted by Gasteiger charge is -2.32. The van der Waals surface area contributed by atoms with E-state index in [0.29, 0.717) is 17.8 Å². The molecule has 3 unspecified atom stereocenters. The zero-order valence-corrected chi connectivity index (χ0v) is 23.4. The van der Waals surface area contributed by atoms with Gasteiger partial charge in [-0.05, 0) is 55.3 Å². The molecule has 1 aliphatic rings. The number of hydrogen-bond acceptors (Lipinski definition) is 4. The van der Waals surface area contributed by atoms with Crippen LogP contribution in [0.25, 0.3) is 10.8 Å². The molecule has 3 aromatic carbocycles. The number of anilines is 2. The first-order valence-electron chi connectivity index (χ1n) is 12.9. The van der Waals surface area contributed by atoms with Crippen LogP contribution in [-0.2, 0) is 14.4 Å². The van der Waals surface area contributed by atoms with E-state index in [0.717, 1.165) is 16.3 Å². The van der Waals surface area contributed by atoms with Crippen LogP contribution >= 0.6 is 12.4 Å². The van der Waals surface area contributed by atoms with E-state index >= 15 is 0 Å². The number of nitrogens with zero attached hydrogens (tertiary/aromatic N) is 2. The number of likely N-dealkylation sites (N-methyl/N-ethyl adjacent to an activating group) is 1. The molecule has 0 saturated heterocycles. The molecule has 0 spiro atoms. The molecular formula is C30H37ClN4O3. The van der Waals surface area contributed by atoms with Gasteiger partial charge in [0.15, 0.2) is 0 Å². The lowest BCUT2D eigenvalue weighted by Crippen LogP contribution is -2.56. The van der Waals surface area contributed by atoms with Gasteiger partial charge in [0.2, 0.25) is 11.8 Å². The molecule has 2 N–H and O–H groups in total. The van der Waals surface area contributed by atoms with Gasteiger partial charge >= 0.3 is 0 Å². The number of rotatable bonds is 7. The number of halogens is 1. The van der Waals surface area contributed by atoms with Gasteiger partial charge in [-0.2, -0.15) is 0 Å². The van der Waals surface area contributed by atoms with E-state index in [9.17, 15) is 14.4 Å². The summed E-state index contributed by atoms with van der Waals surface area (Å²) in [6, 6.07) is 20.0. The lowest BCUT2D eigenvalue weighted by molar-refractivity contribution is -0.128. The Morgan fingerprint density at radius 2 is 1.55 bits per heavy atom. The fourth-order valence-corrected chi connectivity index (χ4v) is 4.93. The second kappa shape index (κ2) is 12.4. The summed E-state index contributed by atoms with van der Waals surface area (Å²) in [6.45, 7) is 7.80. The summed E-state index contributed by atoms with van der Waals surface area (Å²) in [6.07, 6.45) is 0.342. The van der Waals surface area contributed by atoms with Crippen molar-refractivity contribution in [1.29, 1.82) is 0 Å². The van der Waals surface area contributed by atoms with E-state index in [2.05, 4.69) is 28.8 Å². The molecular weight excluding hydrogens is 500 g/mol. The number of nitrogens with one attached hydrogen (secondary N) is 2. The predicted molar refractivity (Wildman–Crippen MR) is 156 cm³/mol. The third kappa shape index (κ3) is 5.84. The molecule has 7 nitrogen and oxygen atoms in total. The summed E-state index contributed by atoms with van der Waals surface area (Å²) in [5.74, 6) is -0.456. The van der Waals surface area contributed by atoms with Crippen LogP contribution in [0, 0.1) is 5.92 Å². The third-order valence-corrected chi connectivity index (χ3v) is 7.02. The highest BCUT2D eigenvalue weighted by Crippen LogP contribution is 2.39. The minimum absolute atomic E-state index is 0. The molecule has 3 amide bonds. The van der Waals surface area contributed by atoms with E-state index in [4.69, 9.17) is 0 Å². The number of carbonyl (C=O) groups excluding carboxylic acids is 3. The Morgan fingerprint density at radius 3 is 2.24 bits per heavy atom. The number of fused-ring (bicyclic) bond motifs is 2. The molecule has 3 atom stereocenters. The maximum Gasteiger partial charge on any atom is 0.252 e. The van der Waals surface area contributed by atoms with Crippen LogP contribution in [0.15, 0.2) is 66.7 Å². The van der Waals surface area contributed by atoms with Crippen LogP contribution in [0.5, 0.6) is 0 Å². The molecule has 1 heterocycles. The van der Waals surface area contributed by atoms with E-state index < -0.39 is 12.1 Å². The Hall–Kier alpha value is -3.42. The minimum Gasteiger partial charge on any atom is -0.341 e. The van der Waals surface area contributed by atoms with Crippen LogP contribution in [0.3, 0.4) is 0 Å². The monoisotopic (exact) mass is 536 g/mol. The van der Waals surface area contributed by atoms with Gasteiger partial charge in [0, 0.05) is 6.42 Å². The van der Waals surface area contributed by atoms with Crippen molar-refractivity contribution in [2.45, 2.75) is 52.2 Å². The van der Waals surface area contributed by atoms with Crippen LogP contribution < -0.4 is 20.4 Å². The molecule has 0 aliphatic carbocycles. The van der Waals surface area contributed by atoms with Crippen molar-refractivity contribution in [2.24, 2.45) is 5.92 Å². The van der Waals surface area contributed by atoms with Gasteiger partial charge in [-0.1, -0.05) is 68.4 Å². The molecule has 4 rings (SSSR count). The highest BCUT2D eigenvalue weighted by atomic mass is 35.5. The van der Waals surface area contributed by atoms with Gasteiger partial charge in [0.25, 0.3) is 5.91 Å². The van der Waals surface area contributed by atoms with Crippen LogP contribution in [0.1, 0.15) is 45.7 Å². The molecule has 0 aromatic heterocycles. The molecule has 8 heteroatoms. The minimum atomic E-state index is -0.899. The van der Waals surface area contributed by atoms with Crippen molar-refractivity contribution >= 4 is 52.3 Å². The van der Waals surface area contributed by atoms with E-state index in [1.165, 1.54) is 0 Å². The smallest absolute Gasteiger partial charge is 0.252 e. The SMILES string of the molecule is CNC(C)C(=O)NC1CN(C(=O)CC(C)C)c2ccccc2N(C(C)c2cccc3ccccc23)C1=O.Cl. The van der Waals surface area contributed by atoms with Gasteiger partial charge in [-0.3, -0.25) is 14.4 Å². The standard InChI is InChI=1S/C30H36N4O3.ClH/c1-19(2)17-28(35)33-18-25(32-29(36)20(3)31-5)30(37)34(27-16-9-8-15-26(27)33)21(4)23-14-10-12-22-11-6-7-13-24(22)23;/h6-16,19-21,25,31H,17-18H2,1-5H3,(H,32,36);1H. The van der Waals surface area contributed by atoms with Crippen molar-refractivity contribution in [1.82, 2.24) is 10.6 Å². The van der Waals surface area contributed by atoms with Gasteiger partial charge < -0.3 is 20.4 Å². The molecule has 202 valence electrons. The number of amides is 3. The largest absolute Gasteiger partial charge is 0.341 e. The average Bonchev–Trinajstić information content (AvgIpc) is 3.01. The number of benzene rings is 3. The zero-order chi connectivity index (χ0) is 26.7. The highest BCUT2D eigenvalue weighted by Gasteiger charge is 2.39. The number of carbonyl (C=O) groups is 3. The topological polar surface area (TPSA) is 81.8 Å².